The third-order valence-electron chi connectivity index (χ3n) is 12.7. The Balaban J connectivity index is 0.000000152. The Morgan fingerprint density at radius 1 is 0.662 bits per heavy atom. The average molecular weight is 1060 g/mol. The van der Waals surface area contributed by atoms with Crippen molar-refractivity contribution in [1.82, 2.24) is 9.97 Å². The van der Waals surface area contributed by atoms with E-state index in [2.05, 4.69) is 9.97 Å². The monoisotopic (exact) mass is 1050 g/mol. The predicted molar refractivity (Wildman–Crippen MR) is 258 cm³/mol. The van der Waals surface area contributed by atoms with E-state index >= 15 is 0 Å². The number of Topliss-reactive ketones (excluding diaryl/α,β-unsaturated/α-hetero) is 1. The van der Waals surface area contributed by atoms with Crippen molar-refractivity contribution in [1.29, 1.82) is 0 Å². The molecule has 0 bridgehead atoms. The molecule has 4 aliphatic rings. The van der Waals surface area contributed by atoms with Crippen LogP contribution in [0.3, 0.4) is 0 Å². The zero-order valence-electron chi connectivity index (χ0n) is 39.5. The van der Waals surface area contributed by atoms with Gasteiger partial charge in [0.15, 0.2) is 68.7 Å². The summed E-state index contributed by atoms with van der Waals surface area (Å²) in [4.78, 5) is 38.4. The van der Waals surface area contributed by atoms with E-state index in [1.54, 1.807) is 19.1 Å². The first kappa shape index (κ1) is 56.2. The van der Waals surface area contributed by atoms with Crippen molar-refractivity contribution < 1.29 is 73.2 Å². The second-order valence-electron chi connectivity index (χ2n) is 17.2. The van der Waals surface area contributed by atoms with Crippen LogP contribution in [0.5, 0.6) is 0 Å². The van der Waals surface area contributed by atoms with Gasteiger partial charge in [-0.25, -0.2) is 53.5 Å². The van der Waals surface area contributed by atoms with Crippen LogP contribution >= 0.6 is 12.2 Å². The number of H-pyrrole nitrogens is 2. The molecule has 1 heterocycles. The summed E-state index contributed by atoms with van der Waals surface area (Å²) in [6, 6.07) is 14.2. The Labute approximate surface area is 423 Å². The van der Waals surface area contributed by atoms with Gasteiger partial charge in [0.2, 0.25) is 0 Å². The third-order valence-corrected chi connectivity index (χ3v) is 12.9. The number of nitrogens with one attached hydrogen (secondary N) is 2. The first-order chi connectivity index (χ1) is 35.3. The van der Waals surface area contributed by atoms with Gasteiger partial charge in [0.1, 0.15) is 0 Å². The number of ether oxygens (including phenoxy) is 1. The topological polar surface area (TPSA) is 132 Å². The van der Waals surface area contributed by atoms with E-state index in [1.165, 1.54) is 42.5 Å². The van der Waals surface area contributed by atoms with Crippen molar-refractivity contribution in [2.75, 3.05) is 13.2 Å². The van der Waals surface area contributed by atoms with E-state index in [1.807, 2.05) is 6.20 Å². The first-order valence-corrected chi connectivity index (χ1v) is 23.7. The van der Waals surface area contributed by atoms with Crippen LogP contribution < -0.4 is 0 Å². The molecule has 74 heavy (non-hydrogen) atoms. The lowest BCUT2D eigenvalue weighted by Crippen LogP contribution is -2.00. The van der Waals surface area contributed by atoms with E-state index < -0.39 is 70.1 Å². The molecule has 6 aromatic rings. The fourth-order valence-electron chi connectivity index (χ4n) is 9.14. The summed E-state index contributed by atoms with van der Waals surface area (Å²) in [6.07, 6.45) is 10.8. The van der Waals surface area contributed by atoms with Crippen LogP contribution in [-0.2, 0) is 46.4 Å². The molecule has 390 valence electrons. The molecule has 2 unspecified atom stereocenters. The maximum Gasteiger partial charge on any atom is 0.331 e. The lowest BCUT2D eigenvalue weighted by Gasteiger charge is -2.10. The molecule has 4 N–H and O–H groups in total. The number of aromatic amines is 2. The van der Waals surface area contributed by atoms with Crippen LogP contribution in [0.15, 0.2) is 85.1 Å². The number of halogens is 10. The van der Waals surface area contributed by atoms with Gasteiger partial charge in [-0.2, -0.15) is 0 Å². The van der Waals surface area contributed by atoms with Gasteiger partial charge in [-0.15, -0.1) is 0 Å². The molecule has 4 aliphatic carbocycles. The van der Waals surface area contributed by atoms with E-state index in [4.69, 9.17) is 27.2 Å². The minimum absolute atomic E-state index is 0.0811. The number of carbonyl (C=O) groups excluding carboxylic acids is 2. The summed E-state index contributed by atoms with van der Waals surface area (Å²) >= 11 is 4.97. The van der Waals surface area contributed by atoms with Gasteiger partial charge in [0.25, 0.3) is 0 Å². The largest absolute Gasteiger partial charge is 0.478 e. The van der Waals surface area contributed by atoms with Gasteiger partial charge in [0, 0.05) is 53.8 Å². The van der Waals surface area contributed by atoms with Gasteiger partial charge < -0.3 is 24.9 Å². The number of carbonyl (C=O) groups is 3. The molecule has 0 amide bonds. The van der Waals surface area contributed by atoms with Crippen molar-refractivity contribution in [3.8, 4) is 0 Å². The van der Waals surface area contributed by atoms with Crippen LogP contribution in [0.4, 0.5) is 43.9 Å². The van der Waals surface area contributed by atoms with Crippen LogP contribution in [0, 0.1) is 62.9 Å². The highest BCUT2D eigenvalue weighted by Crippen LogP contribution is 2.39. The number of imidazole rings is 1. The highest BCUT2D eigenvalue weighted by molar-refractivity contribution is 7.71. The van der Waals surface area contributed by atoms with Crippen LogP contribution in [0.25, 0.3) is 11.6 Å². The summed E-state index contributed by atoms with van der Waals surface area (Å²) in [5, 5.41) is 17.0. The van der Waals surface area contributed by atoms with Crippen LogP contribution in [0.2, 0.25) is 0 Å². The number of rotatable bonds is 8. The first-order valence-electron chi connectivity index (χ1n) is 23.3. The maximum atomic E-state index is 13.6. The normalized spacial score (nSPS) is 16.1. The highest BCUT2D eigenvalue weighted by Gasteiger charge is 2.29. The number of allylic oxidation sites excluding steroid dienone is 1. The zero-order chi connectivity index (χ0) is 53.8. The summed E-state index contributed by atoms with van der Waals surface area (Å²) in [5.41, 5.74) is 6.00. The Kier molecular flexibility index (Phi) is 19.5. The molecule has 0 radical (unpaired) electrons. The second kappa shape index (κ2) is 25.7. The number of benzene rings is 5. The summed E-state index contributed by atoms with van der Waals surface area (Å²) in [6.45, 7) is 2.12. The third kappa shape index (κ3) is 13.7. The maximum absolute atomic E-state index is 13.6. The number of aliphatic hydroxyl groups is 1. The fourth-order valence-corrected chi connectivity index (χ4v) is 9.33. The minimum atomic E-state index is -1.20. The predicted octanol–water partition coefficient (Wildman–Crippen LogP) is 13.0. The Bertz CT molecular complexity index is 3170. The van der Waals surface area contributed by atoms with Crippen molar-refractivity contribution in [2.24, 2.45) is 0 Å². The summed E-state index contributed by atoms with van der Waals surface area (Å²) < 4.78 is 136. The molecule has 0 spiro atoms. The van der Waals surface area contributed by atoms with E-state index in [0.717, 1.165) is 66.4 Å². The summed E-state index contributed by atoms with van der Waals surface area (Å²) in [7, 11) is 0. The molecule has 19 heteroatoms. The standard InChI is InChI=1S/C13H12F2N2S.C13H12F2O2.C11H12F2O.C9H6F2O2.C9H6F2O/c14-11-4-3-9-7(1-2-10(9)12(11)15)5-8-6-16-13(18)17-8;1-2-17-12(16)7-8-3-4-10-9(8)5-6-11(14)13(10)15;12-10-4-3-8-7(5-6-14)1-2-9(8)11(10)13;10-7-3-1-2-6(9(7)11)4-5-8(12)13;10-7-3-1-5-6(9(7)11)2-4-8(5)12/h3-4,6-7H,1-2,5H2,(H2,16,17,18);5-7H,2-4H2,1H3;3-4,7,14H,1-2,5-6H2;1-5H,(H,12,13);1,3H,2,4H2/b;;;5-4+;. The lowest BCUT2D eigenvalue weighted by molar-refractivity contribution is -0.137. The van der Waals surface area contributed by atoms with Gasteiger partial charge in [-0.3, -0.25) is 4.79 Å². The molecule has 2 atom stereocenters. The number of aliphatic hydroxyl groups excluding tert-OH is 1. The van der Waals surface area contributed by atoms with Crippen molar-refractivity contribution in [3.63, 3.8) is 0 Å². The van der Waals surface area contributed by atoms with E-state index in [0.29, 0.717) is 89.7 Å². The van der Waals surface area contributed by atoms with Gasteiger partial charge in [0.05, 0.1) is 6.61 Å². The minimum Gasteiger partial charge on any atom is -0.478 e. The number of hydrogen-bond donors (Lipinski definition) is 4. The number of aliphatic carboxylic acids is 1. The quantitative estimate of drug-likeness (QED) is 0.0516. The van der Waals surface area contributed by atoms with E-state index in [9.17, 15) is 58.3 Å². The summed E-state index contributed by atoms with van der Waals surface area (Å²) in [5.74, 6) is -9.65. The molecule has 5 aromatic carbocycles. The molecule has 0 fully saturated rings. The van der Waals surface area contributed by atoms with Crippen molar-refractivity contribution >= 4 is 41.6 Å². The molecule has 0 saturated carbocycles. The number of carboxylic acid groups (broad SMARTS) is 1. The van der Waals surface area contributed by atoms with Gasteiger partial charge in [-0.05, 0) is 170 Å². The number of ketones is 1. The molecule has 0 aliphatic heterocycles. The van der Waals surface area contributed by atoms with Gasteiger partial charge >= 0.3 is 11.9 Å². The number of carboxylic acids is 1. The Morgan fingerprint density at radius 2 is 1.19 bits per heavy atom. The van der Waals surface area contributed by atoms with Crippen molar-refractivity contribution in [2.45, 2.75) is 83.0 Å². The Morgan fingerprint density at radius 3 is 1.76 bits per heavy atom. The zero-order valence-corrected chi connectivity index (χ0v) is 40.3. The smallest absolute Gasteiger partial charge is 0.331 e. The molecule has 10 rings (SSSR count). The average Bonchev–Trinajstić information content (AvgIpc) is 4.23. The number of hydrogen-bond acceptors (Lipinski definition) is 6. The molecular formula is C55H48F10N2O6S. The molecular weight excluding hydrogens is 1010 g/mol. The van der Waals surface area contributed by atoms with Crippen LogP contribution in [0.1, 0.15) is 111 Å². The number of fused-ring (bicyclic) bond motifs is 4. The number of aromatic nitrogens is 2. The SMILES string of the molecule is CCOC(=O)C=C1CCc2c1ccc(F)c2F.Fc1ccc2c(c1F)CCC2Cc1c[nH]c(=S)[nH]1.O=C(O)/C=C/c1cccc(F)c1F.O=C1CCc2c1ccc(F)c2F.OCCC1CCc2c1ccc(F)c2F. The fraction of sp³-hybridized carbons (Fsp3) is 0.273. The molecule has 1 aromatic heterocycles. The van der Waals surface area contributed by atoms with Gasteiger partial charge in [-0.1, -0.05) is 30.3 Å². The molecule has 0 saturated heterocycles. The van der Waals surface area contributed by atoms with E-state index in [-0.39, 0.29) is 35.4 Å². The van der Waals surface area contributed by atoms with Crippen LogP contribution in [-0.4, -0.2) is 51.1 Å². The second-order valence-corrected chi connectivity index (χ2v) is 17.7. The highest BCUT2D eigenvalue weighted by atomic mass is 32.1. The van der Waals surface area contributed by atoms with Crippen molar-refractivity contribution in [3.05, 3.63) is 204 Å². The lowest BCUT2D eigenvalue weighted by atomic mass is 9.96. The Hall–Kier alpha value is -7.12. The number of esters is 1. The molecule has 8 nitrogen and oxygen atoms in total.